The summed E-state index contributed by atoms with van der Waals surface area (Å²) in [5.74, 6) is -5.65. The summed E-state index contributed by atoms with van der Waals surface area (Å²) in [6, 6.07) is 4.07. The highest BCUT2D eigenvalue weighted by Gasteiger charge is 2.50. The zero-order valence-corrected chi connectivity index (χ0v) is 18.4. The average Bonchev–Trinajstić information content (AvgIpc) is 2.76. The first-order valence-electron chi connectivity index (χ1n) is 10.6. The first kappa shape index (κ1) is 22.9. The van der Waals surface area contributed by atoms with E-state index in [2.05, 4.69) is 0 Å². The second-order valence-electron chi connectivity index (χ2n) is 8.29. The van der Waals surface area contributed by atoms with Crippen LogP contribution >= 0.6 is 11.6 Å². The lowest BCUT2D eigenvalue weighted by Gasteiger charge is -2.41. The number of rotatable bonds is 4. The number of primary amides is 1. The van der Waals surface area contributed by atoms with E-state index in [1.807, 2.05) is 0 Å². The van der Waals surface area contributed by atoms with E-state index in [1.165, 1.54) is 28.0 Å². The van der Waals surface area contributed by atoms with Gasteiger partial charge in [-0.15, -0.1) is 0 Å². The number of halogens is 2. The van der Waals surface area contributed by atoms with Crippen molar-refractivity contribution in [3.05, 3.63) is 45.9 Å². The molecule has 1 aromatic rings. The Morgan fingerprint density at radius 1 is 1.06 bits per heavy atom. The van der Waals surface area contributed by atoms with Gasteiger partial charge in [0.1, 0.15) is 17.4 Å². The molecule has 0 aliphatic carbocycles. The van der Waals surface area contributed by atoms with Crippen LogP contribution in [0, 0.1) is 11.7 Å². The number of carbonyl (C=O) groups is 5. The van der Waals surface area contributed by atoms with Crippen LogP contribution in [0.5, 0.6) is 0 Å². The number of benzene rings is 1. The minimum Gasteiger partial charge on any atom is -0.368 e. The third-order valence-electron chi connectivity index (χ3n) is 6.10. The van der Waals surface area contributed by atoms with E-state index in [1.54, 1.807) is 0 Å². The van der Waals surface area contributed by atoms with Crippen LogP contribution in [0.15, 0.2) is 29.5 Å². The highest BCUT2D eigenvalue weighted by molar-refractivity contribution is 6.43. The molecule has 1 unspecified atom stereocenters. The van der Waals surface area contributed by atoms with Crippen LogP contribution in [0.4, 0.5) is 4.39 Å². The van der Waals surface area contributed by atoms with Crippen molar-refractivity contribution in [1.29, 1.82) is 0 Å². The second-order valence-corrected chi connectivity index (χ2v) is 8.69. The van der Waals surface area contributed by atoms with Gasteiger partial charge in [-0.2, -0.15) is 0 Å². The Morgan fingerprint density at radius 2 is 1.79 bits per heavy atom. The molecule has 2 saturated heterocycles. The highest BCUT2D eigenvalue weighted by atomic mass is 35.5. The molecule has 2 fully saturated rings. The van der Waals surface area contributed by atoms with E-state index < -0.39 is 41.1 Å². The first-order chi connectivity index (χ1) is 15.7. The Hall–Kier alpha value is -3.27. The van der Waals surface area contributed by atoms with Crippen molar-refractivity contribution in [3.63, 3.8) is 0 Å². The molecule has 1 aromatic carbocycles. The summed E-state index contributed by atoms with van der Waals surface area (Å²) < 4.78 is 13.5. The van der Waals surface area contributed by atoms with Gasteiger partial charge in [0.05, 0.1) is 11.6 Å². The van der Waals surface area contributed by atoms with Gasteiger partial charge < -0.3 is 20.4 Å². The number of nitrogens with zero attached hydrogens (tertiary/aromatic N) is 3. The molecule has 3 heterocycles. The van der Waals surface area contributed by atoms with Gasteiger partial charge in [0.15, 0.2) is 0 Å². The predicted octanol–water partition coefficient (Wildman–Crippen LogP) is 0.601. The van der Waals surface area contributed by atoms with Crippen molar-refractivity contribution >= 4 is 41.0 Å². The summed E-state index contributed by atoms with van der Waals surface area (Å²) >= 11 is 5.83. The van der Waals surface area contributed by atoms with E-state index in [-0.39, 0.29) is 49.9 Å². The molecular formula is C22H22ClFN4O5. The Morgan fingerprint density at radius 3 is 2.48 bits per heavy atom. The number of amides is 4. The number of hydrogen-bond acceptors (Lipinski definition) is 5. The molecule has 2 N–H and O–H groups in total. The van der Waals surface area contributed by atoms with E-state index >= 15 is 0 Å². The van der Waals surface area contributed by atoms with Crippen molar-refractivity contribution in [1.82, 2.24) is 14.7 Å². The van der Waals surface area contributed by atoms with Crippen LogP contribution in [-0.4, -0.2) is 70.3 Å². The molecule has 3 aliphatic heterocycles. The highest BCUT2D eigenvalue weighted by Crippen LogP contribution is 2.36. The van der Waals surface area contributed by atoms with Crippen molar-refractivity contribution in [3.8, 4) is 0 Å². The molecule has 0 spiro atoms. The summed E-state index contributed by atoms with van der Waals surface area (Å²) in [4.78, 5) is 67.7. The molecule has 1 atom stereocenters. The number of Topliss-reactive ketones (excluding diaryl/α,β-unsaturated/α-hetero) is 1. The maximum atomic E-state index is 13.5. The summed E-state index contributed by atoms with van der Waals surface area (Å²) in [7, 11) is 0. The summed E-state index contributed by atoms with van der Waals surface area (Å²) in [5.41, 5.74) is 6.14. The van der Waals surface area contributed by atoms with Crippen LogP contribution in [0.1, 0.15) is 24.8 Å². The van der Waals surface area contributed by atoms with E-state index in [0.717, 1.165) is 4.90 Å². The number of piperidine rings is 1. The van der Waals surface area contributed by atoms with E-state index in [4.69, 9.17) is 17.3 Å². The SMILES string of the molecule is NC(=O)CN1CCCCN2C(=O)C(=O)C3C(=O)N(Cc4ccc(F)c(Cl)c4)CCC3=C2C1=O. The van der Waals surface area contributed by atoms with Gasteiger partial charge >= 0.3 is 0 Å². The predicted molar refractivity (Wildman–Crippen MR) is 114 cm³/mol. The summed E-state index contributed by atoms with van der Waals surface area (Å²) in [6.07, 6.45) is 1.26. The zero-order chi connectivity index (χ0) is 23.9. The normalized spacial score (nSPS) is 21.6. The molecule has 3 aliphatic rings. The topological polar surface area (TPSA) is 121 Å². The number of fused-ring (bicyclic) bond motifs is 2. The fourth-order valence-electron chi connectivity index (χ4n) is 4.54. The molecule has 0 aromatic heterocycles. The van der Waals surface area contributed by atoms with Gasteiger partial charge in [-0.25, -0.2) is 4.39 Å². The van der Waals surface area contributed by atoms with Crippen LogP contribution in [0.3, 0.4) is 0 Å². The van der Waals surface area contributed by atoms with Gasteiger partial charge in [-0.05, 0) is 42.5 Å². The maximum Gasteiger partial charge on any atom is 0.295 e. The lowest BCUT2D eigenvalue weighted by atomic mass is 9.81. The fourth-order valence-corrected chi connectivity index (χ4v) is 4.75. The molecule has 174 valence electrons. The largest absolute Gasteiger partial charge is 0.368 e. The van der Waals surface area contributed by atoms with Crippen molar-refractivity contribution < 1.29 is 28.4 Å². The van der Waals surface area contributed by atoms with Gasteiger partial charge in [0, 0.05) is 26.2 Å². The van der Waals surface area contributed by atoms with E-state index in [0.29, 0.717) is 24.0 Å². The van der Waals surface area contributed by atoms with Gasteiger partial charge in [-0.1, -0.05) is 17.7 Å². The number of nitrogens with two attached hydrogens (primary N) is 1. The van der Waals surface area contributed by atoms with Gasteiger partial charge in [-0.3, -0.25) is 24.0 Å². The lowest BCUT2D eigenvalue weighted by molar-refractivity contribution is -0.154. The molecule has 33 heavy (non-hydrogen) atoms. The van der Waals surface area contributed by atoms with Crippen LogP contribution in [0.25, 0.3) is 0 Å². The smallest absolute Gasteiger partial charge is 0.295 e. The number of hydrogen-bond donors (Lipinski definition) is 1. The Labute approximate surface area is 193 Å². The summed E-state index contributed by atoms with van der Waals surface area (Å²) in [6.45, 7) is 0.414. The third-order valence-corrected chi connectivity index (χ3v) is 6.39. The second kappa shape index (κ2) is 8.93. The van der Waals surface area contributed by atoms with Gasteiger partial charge in [0.2, 0.25) is 17.6 Å². The molecule has 0 radical (unpaired) electrons. The number of carbonyl (C=O) groups excluding carboxylic acids is 5. The maximum absolute atomic E-state index is 13.5. The van der Waals surface area contributed by atoms with Crippen LogP contribution in [-0.2, 0) is 30.5 Å². The molecule has 0 saturated carbocycles. The van der Waals surface area contributed by atoms with E-state index in [9.17, 15) is 28.4 Å². The minimum atomic E-state index is -1.40. The van der Waals surface area contributed by atoms with Crippen molar-refractivity contribution in [2.45, 2.75) is 25.8 Å². The average molecular weight is 477 g/mol. The Kier molecular flexibility index (Phi) is 6.20. The van der Waals surface area contributed by atoms with Crippen molar-refractivity contribution in [2.75, 3.05) is 26.2 Å². The monoisotopic (exact) mass is 476 g/mol. The molecule has 9 nitrogen and oxygen atoms in total. The summed E-state index contributed by atoms with van der Waals surface area (Å²) in [5, 5.41) is -0.0889. The Balaban J connectivity index is 1.69. The Bertz CT molecular complexity index is 1100. The molecular weight excluding hydrogens is 455 g/mol. The van der Waals surface area contributed by atoms with Crippen LogP contribution < -0.4 is 5.73 Å². The lowest BCUT2D eigenvalue weighted by Crippen LogP contribution is -2.57. The standard InChI is InChI=1S/C22H22ClFN4O5/c23-14-9-12(3-4-15(14)24)10-27-8-5-13-17(20(27)31)19(30)22(33)28-7-2-1-6-26(11-16(25)29)21(32)18(13)28/h3-4,9,17H,1-2,5-8,10-11H2,(H2,25,29). The minimum absolute atomic E-state index is 0.00313. The first-order valence-corrected chi connectivity index (χ1v) is 11.0. The third kappa shape index (κ3) is 4.22. The zero-order valence-electron chi connectivity index (χ0n) is 17.7. The fraction of sp³-hybridized carbons (Fsp3) is 0.409. The van der Waals surface area contributed by atoms with Crippen LogP contribution in [0.2, 0.25) is 5.02 Å². The van der Waals surface area contributed by atoms with Gasteiger partial charge in [0.25, 0.3) is 11.8 Å². The molecule has 4 amide bonds. The molecule has 0 bridgehead atoms. The molecule has 4 rings (SSSR count). The quantitative estimate of drug-likeness (QED) is 0.504. The molecule has 11 heteroatoms. The van der Waals surface area contributed by atoms with Crippen molar-refractivity contribution in [2.24, 2.45) is 11.7 Å². The number of ketones is 1. The number of likely N-dealkylation sites (tertiary alicyclic amines) is 1.